The van der Waals surface area contributed by atoms with Gasteiger partial charge in [0.2, 0.25) is 0 Å². The van der Waals surface area contributed by atoms with Crippen molar-refractivity contribution in [2.75, 3.05) is 0 Å². The van der Waals surface area contributed by atoms with Gasteiger partial charge in [0.15, 0.2) is 11.6 Å². The van der Waals surface area contributed by atoms with Gasteiger partial charge in [-0.25, -0.2) is 13.8 Å². The van der Waals surface area contributed by atoms with E-state index in [1.54, 1.807) is 19.2 Å². The summed E-state index contributed by atoms with van der Waals surface area (Å²) in [5.74, 6) is -1.90. The molecule has 0 amide bonds. The van der Waals surface area contributed by atoms with Gasteiger partial charge >= 0.3 is 0 Å². The molecule has 0 bridgehead atoms. The maximum Gasteiger partial charge on any atom is 0.159 e. The highest BCUT2D eigenvalue weighted by molar-refractivity contribution is 6.29. The zero-order valence-electron chi connectivity index (χ0n) is 11.4. The Balaban J connectivity index is 1.97. The number of aliphatic hydroxyl groups excluding tert-OH is 1. The quantitative estimate of drug-likeness (QED) is 0.833. The summed E-state index contributed by atoms with van der Waals surface area (Å²) in [6, 6.07) is 6.52. The number of nitrogens with one attached hydrogen (secondary N) is 1. The Labute approximate surface area is 126 Å². The second-order valence-corrected chi connectivity index (χ2v) is 5.16. The molecule has 0 radical (unpaired) electrons. The zero-order chi connectivity index (χ0) is 15.4. The molecule has 0 spiro atoms. The van der Waals surface area contributed by atoms with Gasteiger partial charge in [-0.3, -0.25) is 0 Å². The average molecular weight is 313 g/mol. The van der Waals surface area contributed by atoms with Crippen LogP contribution in [0.1, 0.15) is 24.2 Å². The van der Waals surface area contributed by atoms with E-state index in [1.165, 1.54) is 6.07 Å². The number of nitrogens with zero attached hydrogens (tertiary/aromatic N) is 1. The van der Waals surface area contributed by atoms with Gasteiger partial charge in [0.1, 0.15) is 5.15 Å². The van der Waals surface area contributed by atoms with Crippen LogP contribution < -0.4 is 5.32 Å². The molecule has 2 N–H and O–H groups in total. The Morgan fingerprint density at radius 2 is 2.00 bits per heavy atom. The molecule has 0 saturated carbocycles. The van der Waals surface area contributed by atoms with Crippen LogP contribution in [0.4, 0.5) is 8.78 Å². The molecule has 2 aromatic rings. The molecule has 2 unspecified atom stereocenters. The minimum absolute atomic E-state index is 0.322. The van der Waals surface area contributed by atoms with E-state index in [4.69, 9.17) is 11.6 Å². The zero-order valence-corrected chi connectivity index (χ0v) is 12.1. The molecule has 2 rings (SSSR count). The molecule has 0 aliphatic rings. The fourth-order valence-corrected chi connectivity index (χ4v) is 2.00. The molecule has 1 heterocycles. The van der Waals surface area contributed by atoms with Crippen LogP contribution in [0.3, 0.4) is 0 Å². The predicted octanol–water partition coefficient (Wildman–Crippen LogP) is 3.22. The largest absolute Gasteiger partial charge is 0.387 e. The summed E-state index contributed by atoms with van der Waals surface area (Å²) in [5.41, 5.74) is 1.23. The van der Waals surface area contributed by atoms with Crippen LogP contribution >= 0.6 is 11.6 Å². The van der Waals surface area contributed by atoms with Crippen LogP contribution in [0.5, 0.6) is 0 Å². The van der Waals surface area contributed by atoms with E-state index in [9.17, 15) is 13.9 Å². The van der Waals surface area contributed by atoms with Crippen LogP contribution in [0.2, 0.25) is 5.15 Å². The van der Waals surface area contributed by atoms with Crippen molar-refractivity contribution < 1.29 is 13.9 Å². The van der Waals surface area contributed by atoms with Crippen LogP contribution in [0.25, 0.3) is 0 Å². The number of pyridine rings is 1. The number of benzene rings is 1. The Hall–Kier alpha value is -1.56. The monoisotopic (exact) mass is 312 g/mol. The summed E-state index contributed by atoms with van der Waals surface area (Å²) in [7, 11) is 0. The first-order valence-corrected chi connectivity index (χ1v) is 6.82. The van der Waals surface area contributed by atoms with E-state index in [-0.39, 0.29) is 6.04 Å². The second-order valence-electron chi connectivity index (χ2n) is 4.78. The third kappa shape index (κ3) is 4.20. The van der Waals surface area contributed by atoms with Crippen molar-refractivity contribution in [2.24, 2.45) is 0 Å². The van der Waals surface area contributed by atoms with E-state index in [2.05, 4.69) is 10.3 Å². The van der Waals surface area contributed by atoms with Gasteiger partial charge in [-0.1, -0.05) is 23.7 Å². The Bertz CT molecular complexity index is 607. The van der Waals surface area contributed by atoms with Crippen molar-refractivity contribution >= 4 is 11.6 Å². The number of rotatable bonds is 5. The Morgan fingerprint density at radius 1 is 1.24 bits per heavy atom. The van der Waals surface area contributed by atoms with Crippen molar-refractivity contribution in [3.8, 4) is 0 Å². The lowest BCUT2D eigenvalue weighted by Gasteiger charge is -2.21. The standard InChI is InChI=1S/C15H15ClF2N2O/c1-9(19-7-10-2-5-14(16)20-8-10)15(21)11-3-4-12(17)13(18)6-11/h2-6,8-9,15,19,21H,7H2,1H3. The predicted molar refractivity (Wildman–Crippen MR) is 76.9 cm³/mol. The van der Waals surface area contributed by atoms with E-state index >= 15 is 0 Å². The van der Waals surface area contributed by atoms with Gasteiger partial charge in [-0.05, 0) is 36.2 Å². The minimum Gasteiger partial charge on any atom is -0.387 e. The molecule has 0 aliphatic heterocycles. The summed E-state index contributed by atoms with van der Waals surface area (Å²) in [4.78, 5) is 3.95. The van der Waals surface area contributed by atoms with E-state index in [0.717, 1.165) is 17.7 Å². The van der Waals surface area contributed by atoms with E-state index < -0.39 is 17.7 Å². The smallest absolute Gasteiger partial charge is 0.159 e. The molecule has 0 saturated heterocycles. The molecular weight excluding hydrogens is 298 g/mol. The lowest BCUT2D eigenvalue weighted by molar-refractivity contribution is 0.135. The first kappa shape index (κ1) is 15.8. The van der Waals surface area contributed by atoms with E-state index in [1.807, 2.05) is 6.07 Å². The maximum absolute atomic E-state index is 13.2. The van der Waals surface area contributed by atoms with Crippen molar-refractivity contribution in [1.29, 1.82) is 0 Å². The van der Waals surface area contributed by atoms with Gasteiger partial charge in [0.05, 0.1) is 6.10 Å². The highest BCUT2D eigenvalue weighted by Crippen LogP contribution is 2.19. The van der Waals surface area contributed by atoms with Crippen molar-refractivity contribution in [1.82, 2.24) is 10.3 Å². The molecule has 0 fully saturated rings. The normalized spacial score (nSPS) is 14.0. The molecule has 112 valence electrons. The first-order valence-electron chi connectivity index (χ1n) is 6.44. The van der Waals surface area contributed by atoms with Gasteiger partial charge < -0.3 is 10.4 Å². The molecule has 21 heavy (non-hydrogen) atoms. The van der Waals surface area contributed by atoms with Crippen LogP contribution in [-0.4, -0.2) is 16.1 Å². The summed E-state index contributed by atoms with van der Waals surface area (Å²) >= 11 is 5.69. The number of halogens is 3. The topological polar surface area (TPSA) is 45.2 Å². The fraction of sp³-hybridized carbons (Fsp3) is 0.267. The SMILES string of the molecule is CC(NCc1ccc(Cl)nc1)C(O)c1ccc(F)c(F)c1. The summed E-state index contributed by atoms with van der Waals surface area (Å²) in [5, 5.41) is 13.7. The molecule has 1 aromatic carbocycles. The van der Waals surface area contributed by atoms with Gasteiger partial charge in [0.25, 0.3) is 0 Å². The molecule has 3 nitrogen and oxygen atoms in total. The van der Waals surface area contributed by atoms with Gasteiger partial charge in [-0.2, -0.15) is 0 Å². The van der Waals surface area contributed by atoms with Gasteiger partial charge in [-0.15, -0.1) is 0 Å². The summed E-state index contributed by atoms with van der Waals surface area (Å²) < 4.78 is 26.0. The van der Waals surface area contributed by atoms with Crippen LogP contribution in [0.15, 0.2) is 36.5 Å². The lowest BCUT2D eigenvalue weighted by atomic mass is 10.0. The maximum atomic E-state index is 13.2. The van der Waals surface area contributed by atoms with Crippen molar-refractivity contribution in [3.63, 3.8) is 0 Å². The van der Waals surface area contributed by atoms with Gasteiger partial charge in [0, 0.05) is 18.8 Å². The number of hydrogen-bond donors (Lipinski definition) is 2. The minimum atomic E-state index is -0.972. The Morgan fingerprint density at radius 3 is 2.62 bits per heavy atom. The number of aliphatic hydroxyl groups is 1. The summed E-state index contributed by atoms with van der Waals surface area (Å²) in [6.07, 6.45) is 0.687. The molecule has 0 aliphatic carbocycles. The Kier molecular flexibility index (Phi) is 5.22. The van der Waals surface area contributed by atoms with Crippen LogP contribution in [0, 0.1) is 11.6 Å². The van der Waals surface area contributed by atoms with E-state index in [0.29, 0.717) is 17.3 Å². The molecule has 6 heteroatoms. The molecule has 1 aromatic heterocycles. The highest BCUT2D eigenvalue weighted by Gasteiger charge is 2.17. The number of hydrogen-bond acceptors (Lipinski definition) is 3. The van der Waals surface area contributed by atoms with Crippen molar-refractivity contribution in [3.05, 3.63) is 64.4 Å². The van der Waals surface area contributed by atoms with Crippen molar-refractivity contribution in [2.45, 2.75) is 25.6 Å². The average Bonchev–Trinajstić information content (AvgIpc) is 2.48. The van der Waals surface area contributed by atoms with Crippen LogP contribution in [-0.2, 0) is 6.54 Å². The lowest BCUT2D eigenvalue weighted by Crippen LogP contribution is -2.31. The fourth-order valence-electron chi connectivity index (χ4n) is 1.89. The third-order valence-electron chi connectivity index (χ3n) is 3.18. The molecular formula is C15H15ClF2N2O. The number of aromatic nitrogens is 1. The molecule has 2 atom stereocenters. The summed E-state index contributed by atoms with van der Waals surface area (Å²) in [6.45, 7) is 2.24. The third-order valence-corrected chi connectivity index (χ3v) is 3.40. The highest BCUT2D eigenvalue weighted by atomic mass is 35.5. The first-order chi connectivity index (χ1) is 9.97. The second kappa shape index (κ2) is 6.93.